The number of anilines is 1. The molecule has 1 saturated heterocycles. The van der Waals surface area contributed by atoms with Crippen molar-refractivity contribution in [3.05, 3.63) is 59.7 Å². The maximum Gasteiger partial charge on any atom is 0.255 e. The predicted octanol–water partition coefficient (Wildman–Crippen LogP) is 4.05. The summed E-state index contributed by atoms with van der Waals surface area (Å²) in [5.74, 6) is 0.744. The van der Waals surface area contributed by atoms with Gasteiger partial charge in [-0.3, -0.25) is 4.79 Å². The van der Waals surface area contributed by atoms with Gasteiger partial charge in [-0.2, -0.15) is 0 Å². The third kappa shape index (κ3) is 5.88. The number of hydrogen-bond donors (Lipinski definition) is 3. The number of carbonyl (C=O) groups is 1. The van der Waals surface area contributed by atoms with Gasteiger partial charge < -0.3 is 25.0 Å². The lowest BCUT2D eigenvalue weighted by Crippen LogP contribution is -2.40. The molecule has 0 aliphatic carbocycles. The number of nitrogens with one attached hydrogen (secondary N) is 1. The number of amides is 1. The number of carbonyl (C=O) groups excluding carboxylic acids is 1. The molecular weight excluding hydrogens is 406 g/mol. The van der Waals surface area contributed by atoms with E-state index in [2.05, 4.69) is 12.2 Å². The molecule has 0 saturated carbocycles. The molecule has 6 heteroatoms. The molecule has 1 fully saturated rings. The van der Waals surface area contributed by atoms with Crippen molar-refractivity contribution in [3.8, 4) is 5.75 Å². The lowest BCUT2D eigenvalue weighted by Gasteiger charge is -2.32. The summed E-state index contributed by atoms with van der Waals surface area (Å²) in [6.45, 7) is 5.83. The molecule has 1 aliphatic heterocycles. The summed E-state index contributed by atoms with van der Waals surface area (Å²) in [7, 11) is 1.59. The fourth-order valence-electron chi connectivity index (χ4n) is 4.82. The van der Waals surface area contributed by atoms with E-state index in [0.29, 0.717) is 17.7 Å². The van der Waals surface area contributed by atoms with Gasteiger partial charge in [0.2, 0.25) is 0 Å². The lowest BCUT2D eigenvalue weighted by atomic mass is 9.76. The molecule has 1 aliphatic rings. The second-order valence-electron chi connectivity index (χ2n) is 9.18. The highest BCUT2D eigenvalue weighted by atomic mass is 16.5. The molecule has 3 rings (SSSR count). The van der Waals surface area contributed by atoms with E-state index in [1.165, 1.54) is 0 Å². The number of hydrogen-bond acceptors (Lipinski definition) is 5. The van der Waals surface area contributed by atoms with Crippen molar-refractivity contribution in [2.45, 2.75) is 57.8 Å². The zero-order valence-corrected chi connectivity index (χ0v) is 19.4. The van der Waals surface area contributed by atoms with Crippen LogP contribution in [-0.4, -0.2) is 47.6 Å². The Morgan fingerprint density at radius 1 is 1.06 bits per heavy atom. The van der Waals surface area contributed by atoms with E-state index in [1.807, 2.05) is 38.1 Å². The van der Waals surface area contributed by atoms with Crippen LogP contribution in [0.3, 0.4) is 0 Å². The van der Waals surface area contributed by atoms with Gasteiger partial charge in [0, 0.05) is 23.8 Å². The van der Waals surface area contributed by atoms with Crippen LogP contribution < -0.4 is 10.1 Å². The van der Waals surface area contributed by atoms with Crippen molar-refractivity contribution >= 4 is 11.6 Å². The number of benzene rings is 2. The Kier molecular flexibility index (Phi) is 7.93. The van der Waals surface area contributed by atoms with Crippen molar-refractivity contribution in [2.24, 2.45) is 11.8 Å². The lowest BCUT2D eigenvalue weighted by molar-refractivity contribution is -0.0424. The maximum atomic E-state index is 12.4. The third-order valence-corrected chi connectivity index (χ3v) is 6.41. The molecule has 0 bridgehead atoms. The van der Waals surface area contributed by atoms with E-state index < -0.39 is 5.60 Å². The van der Waals surface area contributed by atoms with Crippen LogP contribution in [0.5, 0.6) is 5.75 Å². The molecule has 1 amide bonds. The number of methoxy groups -OCH3 is 1. The summed E-state index contributed by atoms with van der Waals surface area (Å²) in [6.07, 6.45) is 2.13. The maximum absolute atomic E-state index is 12.4. The van der Waals surface area contributed by atoms with Gasteiger partial charge in [-0.05, 0) is 81.0 Å². The molecule has 0 spiro atoms. The van der Waals surface area contributed by atoms with Gasteiger partial charge in [0.1, 0.15) is 5.75 Å². The summed E-state index contributed by atoms with van der Waals surface area (Å²) in [5.41, 5.74) is 1.62. The highest BCUT2D eigenvalue weighted by Crippen LogP contribution is 2.42. The molecule has 0 aromatic heterocycles. The van der Waals surface area contributed by atoms with E-state index in [9.17, 15) is 15.0 Å². The van der Waals surface area contributed by atoms with E-state index in [1.54, 1.807) is 31.4 Å². The quantitative estimate of drug-likeness (QED) is 0.546. The molecule has 6 nitrogen and oxygen atoms in total. The summed E-state index contributed by atoms with van der Waals surface area (Å²) >= 11 is 0. The standard InChI is InChI=1S/C26H35NO5/c1-17-22(32-23(15-16-28)24(17)26(2,3)30)14-7-18-5-10-20(11-6-18)27-25(29)19-8-12-21(31-4)13-9-19/h5-6,8-13,17,22-24,28,30H,7,14-16H2,1-4H3,(H,27,29)/t17-,22+,23-,24+/m0/s1. The minimum absolute atomic E-state index is 0.00445. The van der Waals surface area contributed by atoms with Crippen LogP contribution >= 0.6 is 0 Å². The SMILES string of the molecule is COc1ccc(C(=O)Nc2ccc(CC[C@H]3O[C@@H](CCO)[C@H](C(C)(C)O)[C@H]3C)cc2)cc1. The summed E-state index contributed by atoms with van der Waals surface area (Å²) in [5, 5.41) is 22.9. The number of aryl methyl sites for hydroxylation is 1. The molecule has 0 radical (unpaired) electrons. The zero-order chi connectivity index (χ0) is 23.3. The van der Waals surface area contributed by atoms with E-state index in [-0.39, 0.29) is 36.6 Å². The fourth-order valence-corrected chi connectivity index (χ4v) is 4.82. The Bertz CT molecular complexity index is 873. The van der Waals surface area contributed by atoms with E-state index >= 15 is 0 Å². The largest absolute Gasteiger partial charge is 0.497 e. The molecule has 2 aromatic rings. The molecule has 0 unspecified atom stereocenters. The average Bonchev–Trinajstić information content (AvgIpc) is 3.08. The number of rotatable bonds is 9. The van der Waals surface area contributed by atoms with E-state index in [4.69, 9.17) is 9.47 Å². The zero-order valence-electron chi connectivity index (χ0n) is 19.4. The summed E-state index contributed by atoms with van der Waals surface area (Å²) in [4.78, 5) is 12.4. The Balaban J connectivity index is 1.56. The highest BCUT2D eigenvalue weighted by molar-refractivity contribution is 6.04. The molecule has 3 N–H and O–H groups in total. The smallest absolute Gasteiger partial charge is 0.255 e. The molecule has 1 heterocycles. The molecular formula is C26H35NO5. The first kappa shape index (κ1) is 24.2. The van der Waals surface area contributed by atoms with Gasteiger partial charge in [0.15, 0.2) is 0 Å². The third-order valence-electron chi connectivity index (χ3n) is 6.41. The average molecular weight is 442 g/mol. The van der Waals surface area contributed by atoms with Gasteiger partial charge >= 0.3 is 0 Å². The summed E-state index contributed by atoms with van der Waals surface area (Å²) in [6, 6.07) is 14.8. The molecule has 32 heavy (non-hydrogen) atoms. The van der Waals surface area contributed by atoms with Crippen LogP contribution in [-0.2, 0) is 11.2 Å². The van der Waals surface area contributed by atoms with E-state index in [0.717, 1.165) is 24.1 Å². The van der Waals surface area contributed by atoms with Crippen molar-refractivity contribution < 1.29 is 24.5 Å². The van der Waals surface area contributed by atoms with Crippen molar-refractivity contribution in [3.63, 3.8) is 0 Å². The minimum atomic E-state index is -0.849. The second-order valence-corrected chi connectivity index (χ2v) is 9.18. The van der Waals surface area contributed by atoms with Gasteiger partial charge in [-0.25, -0.2) is 0 Å². The predicted molar refractivity (Wildman–Crippen MR) is 125 cm³/mol. The summed E-state index contributed by atoms with van der Waals surface area (Å²) < 4.78 is 11.4. The first-order valence-electron chi connectivity index (χ1n) is 11.3. The van der Waals surface area contributed by atoms with Crippen LogP contribution in [0, 0.1) is 11.8 Å². The Morgan fingerprint density at radius 3 is 2.28 bits per heavy atom. The molecule has 174 valence electrons. The van der Waals surface area contributed by atoms with Gasteiger partial charge in [-0.15, -0.1) is 0 Å². The van der Waals surface area contributed by atoms with Crippen molar-refractivity contribution in [1.29, 1.82) is 0 Å². The Morgan fingerprint density at radius 2 is 1.72 bits per heavy atom. The normalized spacial score (nSPS) is 23.2. The number of ether oxygens (including phenoxy) is 2. The highest BCUT2D eigenvalue weighted by Gasteiger charge is 2.47. The van der Waals surface area contributed by atoms with Gasteiger partial charge in [0.05, 0.1) is 24.9 Å². The van der Waals surface area contributed by atoms with Crippen molar-refractivity contribution in [2.75, 3.05) is 19.0 Å². The fraction of sp³-hybridized carbons (Fsp3) is 0.500. The van der Waals surface area contributed by atoms with Gasteiger partial charge in [-0.1, -0.05) is 19.1 Å². The Hall–Kier alpha value is -2.41. The Labute approximate surface area is 190 Å². The number of aliphatic hydroxyl groups excluding tert-OH is 1. The molecule has 4 atom stereocenters. The van der Waals surface area contributed by atoms with Crippen LogP contribution in [0.25, 0.3) is 0 Å². The molecule has 2 aromatic carbocycles. The second kappa shape index (κ2) is 10.5. The number of aliphatic hydroxyl groups is 2. The van der Waals surface area contributed by atoms with Gasteiger partial charge in [0.25, 0.3) is 5.91 Å². The first-order chi connectivity index (χ1) is 15.2. The van der Waals surface area contributed by atoms with Crippen LogP contribution in [0.4, 0.5) is 5.69 Å². The van der Waals surface area contributed by atoms with Crippen LogP contribution in [0.15, 0.2) is 48.5 Å². The monoisotopic (exact) mass is 441 g/mol. The minimum Gasteiger partial charge on any atom is -0.497 e. The van der Waals surface area contributed by atoms with Crippen molar-refractivity contribution in [1.82, 2.24) is 0 Å². The first-order valence-corrected chi connectivity index (χ1v) is 11.3. The van der Waals surface area contributed by atoms with Crippen LogP contribution in [0.2, 0.25) is 0 Å². The van der Waals surface area contributed by atoms with Crippen LogP contribution in [0.1, 0.15) is 49.5 Å². The topological polar surface area (TPSA) is 88.0 Å².